The van der Waals surface area contributed by atoms with Crippen molar-refractivity contribution < 1.29 is 23.4 Å². The van der Waals surface area contributed by atoms with E-state index in [0.29, 0.717) is 13.2 Å². The number of ether oxygens (including phenoxy) is 3. The molecular weight excluding hydrogens is 252 g/mol. The molecule has 19 heavy (non-hydrogen) atoms. The normalized spacial score (nSPS) is 27.2. The topological polar surface area (TPSA) is 74.0 Å². The summed E-state index contributed by atoms with van der Waals surface area (Å²) < 4.78 is 21.2. The lowest BCUT2D eigenvalue weighted by atomic mass is 10.0. The largest absolute Gasteiger partial charge is 0.438 e. The first kappa shape index (κ1) is 14.0. The van der Waals surface area contributed by atoms with Gasteiger partial charge in [-0.3, -0.25) is 4.79 Å². The number of carbonyl (C=O) groups excluding carboxylic acids is 1. The van der Waals surface area contributed by atoms with Gasteiger partial charge in [-0.2, -0.15) is 0 Å². The smallest absolute Gasteiger partial charge is 0.291 e. The highest BCUT2D eigenvalue weighted by Gasteiger charge is 2.39. The van der Waals surface area contributed by atoms with Crippen LogP contribution in [0.3, 0.4) is 0 Å². The van der Waals surface area contributed by atoms with Crippen LogP contribution in [0.4, 0.5) is 0 Å². The molecule has 1 saturated heterocycles. The molecule has 7 heteroatoms. The third-order valence-electron chi connectivity index (χ3n) is 3.35. The Hall–Kier alpha value is -1.44. The lowest BCUT2D eigenvalue weighted by Crippen LogP contribution is -2.57. The summed E-state index contributed by atoms with van der Waals surface area (Å²) in [5, 5.41) is 0. The van der Waals surface area contributed by atoms with Gasteiger partial charge in [-0.15, -0.1) is 0 Å². The van der Waals surface area contributed by atoms with Crippen LogP contribution in [-0.4, -0.2) is 68.5 Å². The molecule has 0 unspecified atom stereocenters. The first-order valence-electron chi connectivity index (χ1n) is 5.98. The highest BCUT2D eigenvalue weighted by Crippen LogP contribution is 2.20. The predicted octanol–water partition coefficient (Wildman–Crippen LogP) is 0.175. The lowest BCUT2D eigenvalue weighted by Gasteiger charge is -2.40. The summed E-state index contributed by atoms with van der Waals surface area (Å²) in [7, 11) is 4.88. The number of aromatic nitrogens is 1. The Bertz CT molecular complexity index is 408. The second kappa shape index (κ2) is 6.14. The SMILES string of the molecule is CO[C@H]1[C@H](N(C)C(=O)c2cnco2)COC[C@H]1OC. The Labute approximate surface area is 111 Å². The maximum absolute atomic E-state index is 12.2. The molecule has 0 N–H and O–H groups in total. The summed E-state index contributed by atoms with van der Waals surface area (Å²) in [5.41, 5.74) is 0. The maximum atomic E-state index is 12.2. The van der Waals surface area contributed by atoms with Crippen LogP contribution in [0, 0.1) is 0 Å². The van der Waals surface area contributed by atoms with Crippen LogP contribution in [0.25, 0.3) is 0 Å². The number of likely N-dealkylation sites (N-methyl/N-ethyl adjacent to an activating group) is 1. The van der Waals surface area contributed by atoms with Crippen molar-refractivity contribution in [2.45, 2.75) is 18.2 Å². The minimum absolute atomic E-state index is 0.192. The average molecular weight is 270 g/mol. The van der Waals surface area contributed by atoms with Crippen LogP contribution in [-0.2, 0) is 14.2 Å². The molecule has 1 aliphatic heterocycles. The van der Waals surface area contributed by atoms with Crippen molar-refractivity contribution in [3.05, 3.63) is 18.4 Å². The van der Waals surface area contributed by atoms with Crippen LogP contribution < -0.4 is 0 Å². The van der Waals surface area contributed by atoms with Crippen molar-refractivity contribution in [1.29, 1.82) is 0 Å². The minimum atomic E-state index is -0.259. The van der Waals surface area contributed by atoms with Crippen molar-refractivity contribution in [1.82, 2.24) is 9.88 Å². The van der Waals surface area contributed by atoms with Gasteiger partial charge in [-0.05, 0) is 0 Å². The summed E-state index contributed by atoms with van der Waals surface area (Å²) >= 11 is 0. The Balaban J connectivity index is 2.12. The highest BCUT2D eigenvalue weighted by atomic mass is 16.6. The molecule has 0 bridgehead atoms. The van der Waals surface area contributed by atoms with Gasteiger partial charge >= 0.3 is 0 Å². The van der Waals surface area contributed by atoms with Gasteiger partial charge in [0.2, 0.25) is 5.76 Å². The molecule has 0 aliphatic carbocycles. The summed E-state index contributed by atoms with van der Waals surface area (Å²) in [6.45, 7) is 0.852. The Kier molecular flexibility index (Phi) is 4.52. The molecule has 7 nitrogen and oxygen atoms in total. The van der Waals surface area contributed by atoms with E-state index in [0.717, 1.165) is 0 Å². The third-order valence-corrected chi connectivity index (χ3v) is 3.35. The van der Waals surface area contributed by atoms with Gasteiger partial charge in [-0.1, -0.05) is 0 Å². The number of oxazole rings is 1. The van der Waals surface area contributed by atoms with E-state index in [1.54, 1.807) is 26.2 Å². The summed E-state index contributed by atoms with van der Waals surface area (Å²) in [6.07, 6.45) is 2.17. The molecular formula is C12H18N2O5. The minimum Gasteiger partial charge on any atom is -0.438 e. The van der Waals surface area contributed by atoms with Crippen molar-refractivity contribution in [3.8, 4) is 0 Å². The second-order valence-electron chi connectivity index (χ2n) is 4.36. The number of nitrogens with zero attached hydrogens (tertiary/aromatic N) is 2. The van der Waals surface area contributed by atoms with E-state index in [-0.39, 0.29) is 29.9 Å². The van der Waals surface area contributed by atoms with Crippen LogP contribution in [0.5, 0.6) is 0 Å². The van der Waals surface area contributed by atoms with Gasteiger partial charge in [0.15, 0.2) is 6.39 Å². The van der Waals surface area contributed by atoms with Crippen LogP contribution in [0.2, 0.25) is 0 Å². The zero-order chi connectivity index (χ0) is 13.8. The van der Waals surface area contributed by atoms with E-state index in [1.165, 1.54) is 12.6 Å². The molecule has 0 radical (unpaired) electrons. The van der Waals surface area contributed by atoms with Gasteiger partial charge < -0.3 is 23.5 Å². The Morgan fingerprint density at radius 1 is 1.42 bits per heavy atom. The molecule has 0 spiro atoms. The number of hydrogen-bond donors (Lipinski definition) is 0. The molecule has 106 valence electrons. The zero-order valence-electron chi connectivity index (χ0n) is 11.2. The first-order chi connectivity index (χ1) is 9.19. The molecule has 0 saturated carbocycles. The zero-order valence-corrected chi connectivity index (χ0v) is 11.2. The number of methoxy groups -OCH3 is 2. The fourth-order valence-corrected chi connectivity index (χ4v) is 2.23. The summed E-state index contributed by atoms with van der Waals surface area (Å²) in [5.74, 6) is -0.0678. The Morgan fingerprint density at radius 3 is 2.79 bits per heavy atom. The van der Waals surface area contributed by atoms with Crippen molar-refractivity contribution in [2.75, 3.05) is 34.5 Å². The highest BCUT2D eigenvalue weighted by molar-refractivity contribution is 5.91. The summed E-state index contributed by atoms with van der Waals surface area (Å²) in [6, 6.07) is -0.235. The molecule has 1 fully saturated rings. The standard InChI is InChI=1S/C12H18N2O5/c1-14(12(15)9-4-13-7-19-9)8-5-18-6-10(16-2)11(8)17-3/h4,7-8,10-11H,5-6H2,1-3H3/t8-,10-,11+/m1/s1. The molecule has 3 atom stereocenters. The van der Waals surface area contributed by atoms with Gasteiger partial charge in [0.25, 0.3) is 5.91 Å². The Morgan fingerprint density at radius 2 is 2.21 bits per heavy atom. The first-order valence-corrected chi connectivity index (χ1v) is 5.98. The van der Waals surface area contributed by atoms with Crippen molar-refractivity contribution in [3.63, 3.8) is 0 Å². The third kappa shape index (κ3) is 2.78. The van der Waals surface area contributed by atoms with Gasteiger partial charge in [0, 0.05) is 21.3 Å². The van der Waals surface area contributed by atoms with Crippen molar-refractivity contribution in [2.24, 2.45) is 0 Å². The summed E-state index contributed by atoms with van der Waals surface area (Å²) in [4.78, 5) is 17.5. The fourth-order valence-electron chi connectivity index (χ4n) is 2.23. The molecule has 2 rings (SSSR count). The van der Waals surface area contributed by atoms with E-state index < -0.39 is 0 Å². The van der Waals surface area contributed by atoms with E-state index >= 15 is 0 Å². The van der Waals surface area contributed by atoms with E-state index in [2.05, 4.69) is 4.98 Å². The lowest BCUT2D eigenvalue weighted by molar-refractivity contribution is -0.147. The molecule has 0 aromatic carbocycles. The average Bonchev–Trinajstić information content (AvgIpc) is 2.98. The quantitative estimate of drug-likeness (QED) is 0.776. The van der Waals surface area contributed by atoms with Crippen LogP contribution in [0.15, 0.2) is 17.0 Å². The van der Waals surface area contributed by atoms with Gasteiger partial charge in [-0.25, -0.2) is 4.98 Å². The van der Waals surface area contributed by atoms with Crippen LogP contribution >= 0.6 is 0 Å². The molecule has 1 aromatic rings. The van der Waals surface area contributed by atoms with Gasteiger partial charge in [0.05, 0.1) is 25.5 Å². The number of hydrogen-bond acceptors (Lipinski definition) is 6. The molecule has 1 amide bonds. The number of rotatable bonds is 4. The fraction of sp³-hybridized carbons (Fsp3) is 0.667. The maximum Gasteiger partial charge on any atom is 0.291 e. The van der Waals surface area contributed by atoms with E-state index in [9.17, 15) is 4.79 Å². The number of amides is 1. The van der Waals surface area contributed by atoms with Gasteiger partial charge in [0.1, 0.15) is 12.2 Å². The number of carbonyl (C=O) groups is 1. The second-order valence-corrected chi connectivity index (χ2v) is 4.36. The van der Waals surface area contributed by atoms with E-state index in [1.807, 2.05) is 0 Å². The molecule has 1 aliphatic rings. The van der Waals surface area contributed by atoms with E-state index in [4.69, 9.17) is 18.6 Å². The molecule has 2 heterocycles. The molecule has 1 aromatic heterocycles. The van der Waals surface area contributed by atoms with Crippen molar-refractivity contribution >= 4 is 5.91 Å². The van der Waals surface area contributed by atoms with Crippen LogP contribution in [0.1, 0.15) is 10.6 Å². The monoisotopic (exact) mass is 270 g/mol. The predicted molar refractivity (Wildman–Crippen MR) is 64.8 cm³/mol.